The van der Waals surface area contributed by atoms with Crippen molar-refractivity contribution in [3.8, 4) is 0 Å². The lowest BCUT2D eigenvalue weighted by atomic mass is 9.94. The molecule has 0 bridgehead atoms. The minimum Gasteiger partial charge on any atom is -0.481 e. The zero-order chi connectivity index (χ0) is 20.9. The Morgan fingerprint density at radius 3 is 2.77 bits per heavy atom. The monoisotopic (exact) mass is 399 g/mol. The third-order valence-electron chi connectivity index (χ3n) is 6.32. The molecule has 3 unspecified atom stereocenters. The third kappa shape index (κ3) is 4.79. The van der Waals surface area contributed by atoms with Crippen LogP contribution in [0.15, 0.2) is 71.7 Å². The van der Waals surface area contributed by atoms with E-state index >= 15 is 0 Å². The van der Waals surface area contributed by atoms with Gasteiger partial charge in [0.1, 0.15) is 0 Å². The molecule has 3 nitrogen and oxygen atoms in total. The van der Waals surface area contributed by atoms with Gasteiger partial charge in [0, 0.05) is 12.6 Å². The molecule has 0 saturated heterocycles. The minimum absolute atomic E-state index is 0.148. The van der Waals surface area contributed by atoms with Crippen LogP contribution in [-0.4, -0.2) is 17.3 Å². The molecule has 0 aromatic heterocycles. The van der Waals surface area contributed by atoms with Gasteiger partial charge >= 0.3 is 5.97 Å². The molecule has 1 fully saturated rings. The molecule has 0 spiro atoms. The molecule has 1 aliphatic carbocycles. The maximum atomic E-state index is 10.8. The van der Waals surface area contributed by atoms with E-state index in [0.29, 0.717) is 18.3 Å². The van der Waals surface area contributed by atoms with E-state index in [4.69, 9.17) is 10.1 Å². The molecule has 3 heteroatoms. The van der Waals surface area contributed by atoms with Gasteiger partial charge in [0.2, 0.25) is 0 Å². The molecule has 154 valence electrons. The highest BCUT2D eigenvalue weighted by molar-refractivity contribution is 5.86. The van der Waals surface area contributed by atoms with Crippen LogP contribution in [0.2, 0.25) is 0 Å². The van der Waals surface area contributed by atoms with Crippen LogP contribution >= 0.6 is 0 Å². The number of benzene rings is 3. The van der Waals surface area contributed by atoms with Crippen molar-refractivity contribution in [1.82, 2.24) is 0 Å². The number of carbonyl (C=O) groups is 1. The minimum atomic E-state index is -0.738. The Morgan fingerprint density at radius 1 is 1.10 bits per heavy atom. The molecule has 1 N–H and O–H groups in total. The Hall–Kier alpha value is -2.94. The van der Waals surface area contributed by atoms with E-state index in [-0.39, 0.29) is 12.5 Å². The summed E-state index contributed by atoms with van der Waals surface area (Å²) in [5.74, 6) is 0.312. The van der Waals surface area contributed by atoms with Crippen molar-refractivity contribution in [1.29, 1.82) is 0 Å². The second kappa shape index (κ2) is 9.25. The molecule has 3 aromatic carbocycles. The molecular weight excluding hydrogens is 370 g/mol. The quantitative estimate of drug-likeness (QED) is 0.457. The number of fused-ring (bicyclic) bond motifs is 1. The van der Waals surface area contributed by atoms with Gasteiger partial charge in [0.05, 0.1) is 6.04 Å². The Kier molecular flexibility index (Phi) is 6.27. The van der Waals surface area contributed by atoms with Crippen molar-refractivity contribution in [2.75, 3.05) is 0 Å². The van der Waals surface area contributed by atoms with Crippen molar-refractivity contribution >= 4 is 23.0 Å². The number of carboxylic acids is 1. The van der Waals surface area contributed by atoms with E-state index in [0.717, 1.165) is 18.4 Å². The summed E-state index contributed by atoms with van der Waals surface area (Å²) >= 11 is 0. The van der Waals surface area contributed by atoms with Gasteiger partial charge < -0.3 is 5.11 Å². The first kappa shape index (κ1) is 20.3. The van der Waals surface area contributed by atoms with Crippen LogP contribution in [-0.2, 0) is 11.2 Å². The van der Waals surface area contributed by atoms with Crippen molar-refractivity contribution in [2.24, 2.45) is 10.9 Å². The van der Waals surface area contributed by atoms with E-state index < -0.39 is 5.97 Å². The van der Waals surface area contributed by atoms with E-state index in [2.05, 4.69) is 73.8 Å². The maximum Gasteiger partial charge on any atom is 0.303 e. The lowest BCUT2D eigenvalue weighted by Crippen LogP contribution is -2.01. The Labute approximate surface area is 178 Å². The van der Waals surface area contributed by atoms with Gasteiger partial charge in [0.15, 0.2) is 0 Å². The van der Waals surface area contributed by atoms with Crippen molar-refractivity contribution in [2.45, 2.75) is 51.0 Å². The Morgan fingerprint density at radius 2 is 1.90 bits per heavy atom. The highest BCUT2D eigenvalue weighted by atomic mass is 16.4. The van der Waals surface area contributed by atoms with E-state index in [9.17, 15) is 4.79 Å². The summed E-state index contributed by atoms with van der Waals surface area (Å²) in [6.45, 7) is 2.18. The normalized spacial score (nSPS) is 20.0. The first-order valence-corrected chi connectivity index (χ1v) is 10.9. The van der Waals surface area contributed by atoms with Gasteiger partial charge in [-0.1, -0.05) is 66.7 Å². The first-order chi connectivity index (χ1) is 14.6. The van der Waals surface area contributed by atoms with Gasteiger partial charge in [-0.3, -0.25) is 9.79 Å². The molecule has 0 aliphatic heterocycles. The van der Waals surface area contributed by atoms with Crippen LogP contribution in [0.3, 0.4) is 0 Å². The van der Waals surface area contributed by atoms with E-state index in [1.807, 2.05) is 6.07 Å². The van der Waals surface area contributed by atoms with Crippen molar-refractivity contribution in [3.05, 3.63) is 83.4 Å². The van der Waals surface area contributed by atoms with Crippen LogP contribution in [0.1, 0.15) is 61.3 Å². The number of aliphatic carboxylic acids is 1. The number of hydrogen-bond donors (Lipinski definition) is 1. The molecule has 1 aliphatic rings. The molecule has 3 aromatic rings. The van der Waals surface area contributed by atoms with Crippen molar-refractivity contribution < 1.29 is 9.90 Å². The highest BCUT2D eigenvalue weighted by Gasteiger charge is 2.25. The third-order valence-corrected chi connectivity index (χ3v) is 6.32. The largest absolute Gasteiger partial charge is 0.481 e. The number of nitrogens with zero attached hydrogens (tertiary/aromatic N) is 1. The van der Waals surface area contributed by atoms with Crippen LogP contribution in [0.4, 0.5) is 0 Å². The molecule has 0 heterocycles. The number of aliphatic imine (C=N–C) groups is 1. The predicted octanol–water partition coefficient (Wildman–Crippen LogP) is 6.57. The summed E-state index contributed by atoms with van der Waals surface area (Å²) in [7, 11) is 0. The molecule has 0 radical (unpaired) electrons. The molecule has 0 amide bonds. The fourth-order valence-electron chi connectivity index (χ4n) is 4.65. The Bertz CT molecular complexity index is 1050. The zero-order valence-electron chi connectivity index (χ0n) is 17.5. The smallest absolute Gasteiger partial charge is 0.303 e. The average molecular weight is 400 g/mol. The van der Waals surface area contributed by atoms with Crippen LogP contribution in [0, 0.1) is 5.92 Å². The lowest BCUT2D eigenvalue weighted by molar-refractivity contribution is -0.136. The van der Waals surface area contributed by atoms with Crippen LogP contribution < -0.4 is 0 Å². The highest BCUT2D eigenvalue weighted by Crippen LogP contribution is 2.38. The van der Waals surface area contributed by atoms with Gasteiger partial charge in [-0.25, -0.2) is 0 Å². The summed E-state index contributed by atoms with van der Waals surface area (Å²) in [6.07, 6.45) is 6.42. The number of rotatable bonds is 7. The lowest BCUT2D eigenvalue weighted by Gasteiger charge is -2.13. The second-order valence-electron chi connectivity index (χ2n) is 8.45. The van der Waals surface area contributed by atoms with Gasteiger partial charge in [-0.2, -0.15) is 0 Å². The molecule has 30 heavy (non-hydrogen) atoms. The fourth-order valence-corrected chi connectivity index (χ4v) is 4.65. The SMILES string of the molecule is CC(N=CC1CCC(c2cccc(CCC(=O)O)c2)C1)c1cccc2ccccc12. The number of hydrogen-bond acceptors (Lipinski definition) is 2. The summed E-state index contributed by atoms with van der Waals surface area (Å²) in [5.41, 5.74) is 3.75. The molecular formula is C27H29NO2. The van der Waals surface area contributed by atoms with E-state index in [1.165, 1.54) is 28.3 Å². The Balaban J connectivity index is 1.41. The van der Waals surface area contributed by atoms with Crippen LogP contribution in [0.25, 0.3) is 10.8 Å². The zero-order valence-corrected chi connectivity index (χ0v) is 17.5. The van der Waals surface area contributed by atoms with Crippen LogP contribution in [0.5, 0.6) is 0 Å². The average Bonchev–Trinajstić information content (AvgIpc) is 3.25. The first-order valence-electron chi connectivity index (χ1n) is 10.9. The van der Waals surface area contributed by atoms with Crippen molar-refractivity contribution in [3.63, 3.8) is 0 Å². The standard InChI is InChI=1S/C27H29NO2/c1-19(25-11-5-8-22-7-2-3-10-26(22)25)28-18-21-12-14-24(17-21)23-9-4-6-20(16-23)13-15-27(29)30/h2-11,16,18-19,21,24H,12-15,17H2,1H3,(H,29,30). The summed E-state index contributed by atoms with van der Waals surface area (Å²) in [5, 5.41) is 11.5. The van der Waals surface area contributed by atoms with Gasteiger partial charge in [-0.15, -0.1) is 0 Å². The molecule has 1 saturated carbocycles. The van der Waals surface area contributed by atoms with Gasteiger partial charge in [-0.05, 0) is 71.9 Å². The fraction of sp³-hybridized carbons (Fsp3) is 0.333. The van der Waals surface area contributed by atoms with E-state index in [1.54, 1.807) is 0 Å². The molecule has 4 rings (SSSR count). The summed E-state index contributed by atoms with van der Waals surface area (Å²) in [4.78, 5) is 15.8. The summed E-state index contributed by atoms with van der Waals surface area (Å²) < 4.78 is 0. The maximum absolute atomic E-state index is 10.8. The number of carboxylic acid groups (broad SMARTS) is 1. The predicted molar refractivity (Wildman–Crippen MR) is 123 cm³/mol. The second-order valence-corrected chi connectivity index (χ2v) is 8.45. The summed E-state index contributed by atoms with van der Waals surface area (Å²) in [6, 6.07) is 23.6. The molecule has 3 atom stereocenters. The number of aryl methyl sites for hydroxylation is 1. The topological polar surface area (TPSA) is 49.7 Å². The van der Waals surface area contributed by atoms with Gasteiger partial charge in [0.25, 0.3) is 0 Å².